The third-order valence-corrected chi connectivity index (χ3v) is 3.80. The number of alkyl halides is 3. The fourth-order valence-electron chi connectivity index (χ4n) is 2.00. The molecule has 19 heavy (non-hydrogen) atoms. The van der Waals surface area contributed by atoms with Crippen LogP contribution in [0.3, 0.4) is 0 Å². The second-order valence-electron chi connectivity index (χ2n) is 4.51. The number of halogens is 4. The number of carbonyl (C=O) groups is 1. The van der Waals surface area contributed by atoms with Gasteiger partial charge in [0.15, 0.2) is 0 Å². The van der Waals surface area contributed by atoms with Crippen LogP contribution in [0.15, 0.2) is 22.7 Å². The molecule has 1 aromatic carbocycles. The largest absolute Gasteiger partial charge is 0.417 e. The van der Waals surface area contributed by atoms with Gasteiger partial charge in [0.2, 0.25) is 0 Å². The Labute approximate surface area is 117 Å². The summed E-state index contributed by atoms with van der Waals surface area (Å²) in [7, 11) is 0. The monoisotopic (exact) mass is 335 g/mol. The first kappa shape index (κ1) is 14.4. The van der Waals surface area contributed by atoms with E-state index in [-0.39, 0.29) is 22.0 Å². The number of benzene rings is 1. The van der Waals surface area contributed by atoms with E-state index < -0.39 is 11.7 Å². The first-order valence-electron chi connectivity index (χ1n) is 6.02. The standard InChI is InChI=1S/C13H13BrF3NO/c1-2-18(9-4-5-9)12(19)8-3-6-11(14)10(7-8)13(15,16)17/h3,6-7,9H,2,4-5H2,1H3. The van der Waals surface area contributed by atoms with E-state index in [0.29, 0.717) is 6.54 Å². The predicted molar refractivity (Wildman–Crippen MR) is 68.9 cm³/mol. The number of rotatable bonds is 3. The van der Waals surface area contributed by atoms with Gasteiger partial charge in [0.25, 0.3) is 5.91 Å². The molecule has 0 heterocycles. The van der Waals surface area contributed by atoms with E-state index in [9.17, 15) is 18.0 Å². The van der Waals surface area contributed by atoms with Gasteiger partial charge < -0.3 is 4.90 Å². The molecule has 0 spiro atoms. The van der Waals surface area contributed by atoms with Gasteiger partial charge in [0.1, 0.15) is 0 Å². The van der Waals surface area contributed by atoms with Crippen molar-refractivity contribution in [1.29, 1.82) is 0 Å². The number of carbonyl (C=O) groups excluding carboxylic acids is 1. The smallest absolute Gasteiger partial charge is 0.336 e. The number of hydrogen-bond donors (Lipinski definition) is 0. The Hall–Kier alpha value is -1.04. The maximum absolute atomic E-state index is 12.8. The quantitative estimate of drug-likeness (QED) is 0.814. The van der Waals surface area contributed by atoms with Crippen LogP contribution in [0.2, 0.25) is 0 Å². The Morgan fingerprint density at radius 3 is 2.53 bits per heavy atom. The first-order chi connectivity index (χ1) is 8.84. The summed E-state index contributed by atoms with van der Waals surface area (Å²) in [5, 5.41) is 0. The van der Waals surface area contributed by atoms with Crippen LogP contribution in [-0.4, -0.2) is 23.4 Å². The highest BCUT2D eigenvalue weighted by molar-refractivity contribution is 9.10. The summed E-state index contributed by atoms with van der Waals surface area (Å²) >= 11 is 2.87. The maximum Gasteiger partial charge on any atom is 0.417 e. The molecule has 0 atom stereocenters. The molecule has 0 bridgehead atoms. The van der Waals surface area contributed by atoms with Crippen LogP contribution in [0.25, 0.3) is 0 Å². The number of hydrogen-bond acceptors (Lipinski definition) is 1. The third-order valence-electron chi connectivity index (χ3n) is 3.11. The predicted octanol–water partition coefficient (Wildman–Crippen LogP) is 4.09. The van der Waals surface area contributed by atoms with Crippen molar-refractivity contribution in [3.63, 3.8) is 0 Å². The van der Waals surface area contributed by atoms with Crippen LogP contribution in [0, 0.1) is 0 Å². The van der Waals surface area contributed by atoms with E-state index in [0.717, 1.165) is 18.9 Å². The average molecular weight is 336 g/mol. The van der Waals surface area contributed by atoms with Crippen molar-refractivity contribution < 1.29 is 18.0 Å². The molecular formula is C13H13BrF3NO. The summed E-state index contributed by atoms with van der Waals surface area (Å²) in [5.41, 5.74) is -0.727. The minimum absolute atomic E-state index is 0.0500. The molecule has 2 rings (SSSR count). The van der Waals surface area contributed by atoms with Crippen molar-refractivity contribution in [2.24, 2.45) is 0 Å². The second-order valence-corrected chi connectivity index (χ2v) is 5.37. The second kappa shape index (κ2) is 5.15. The molecule has 1 aromatic rings. The Morgan fingerprint density at radius 2 is 2.05 bits per heavy atom. The molecule has 0 aromatic heterocycles. The van der Waals surface area contributed by atoms with Gasteiger partial charge >= 0.3 is 6.18 Å². The molecule has 1 amide bonds. The highest BCUT2D eigenvalue weighted by Gasteiger charge is 2.35. The summed E-state index contributed by atoms with van der Waals surface area (Å²) in [6.07, 6.45) is -2.60. The van der Waals surface area contributed by atoms with Crippen molar-refractivity contribution in [3.05, 3.63) is 33.8 Å². The molecule has 0 aliphatic heterocycles. The van der Waals surface area contributed by atoms with Crippen LogP contribution in [0.1, 0.15) is 35.7 Å². The van der Waals surface area contributed by atoms with E-state index in [1.807, 2.05) is 6.92 Å². The Kier molecular flexibility index (Phi) is 3.90. The van der Waals surface area contributed by atoms with Crippen LogP contribution in [0.5, 0.6) is 0 Å². The van der Waals surface area contributed by atoms with Crippen LogP contribution < -0.4 is 0 Å². The molecule has 1 aliphatic carbocycles. The van der Waals surface area contributed by atoms with Crippen molar-refractivity contribution in [1.82, 2.24) is 4.90 Å². The highest BCUT2D eigenvalue weighted by atomic mass is 79.9. The molecule has 0 radical (unpaired) electrons. The van der Waals surface area contributed by atoms with Crippen LogP contribution in [-0.2, 0) is 6.18 Å². The SMILES string of the molecule is CCN(C(=O)c1ccc(Br)c(C(F)(F)F)c1)C1CC1. The van der Waals surface area contributed by atoms with Crippen molar-refractivity contribution >= 4 is 21.8 Å². The fourth-order valence-corrected chi connectivity index (χ4v) is 2.47. The Morgan fingerprint density at radius 1 is 1.42 bits per heavy atom. The van der Waals surface area contributed by atoms with Gasteiger partial charge in [0, 0.05) is 22.6 Å². The summed E-state index contributed by atoms with van der Waals surface area (Å²) in [4.78, 5) is 13.8. The summed E-state index contributed by atoms with van der Waals surface area (Å²) < 4.78 is 38.3. The first-order valence-corrected chi connectivity index (χ1v) is 6.81. The Balaban J connectivity index is 2.32. The zero-order valence-electron chi connectivity index (χ0n) is 10.3. The zero-order valence-corrected chi connectivity index (χ0v) is 11.9. The molecule has 0 unspecified atom stereocenters. The van der Waals surface area contributed by atoms with Crippen LogP contribution >= 0.6 is 15.9 Å². The molecule has 1 aliphatic rings. The van der Waals surface area contributed by atoms with Gasteiger partial charge in [-0.1, -0.05) is 15.9 Å². The molecule has 1 saturated carbocycles. The van der Waals surface area contributed by atoms with Gasteiger partial charge in [0.05, 0.1) is 5.56 Å². The Bertz CT molecular complexity index is 497. The summed E-state index contributed by atoms with van der Waals surface area (Å²) in [6.45, 7) is 2.35. The molecule has 0 N–H and O–H groups in total. The van der Waals surface area contributed by atoms with E-state index >= 15 is 0 Å². The third kappa shape index (κ3) is 3.11. The van der Waals surface area contributed by atoms with Gasteiger partial charge in [-0.3, -0.25) is 4.79 Å². The summed E-state index contributed by atoms with van der Waals surface area (Å²) in [6, 6.07) is 3.80. The lowest BCUT2D eigenvalue weighted by Crippen LogP contribution is -2.33. The number of amides is 1. The average Bonchev–Trinajstić information content (AvgIpc) is 3.13. The lowest BCUT2D eigenvalue weighted by atomic mass is 10.1. The topological polar surface area (TPSA) is 20.3 Å². The molecule has 2 nitrogen and oxygen atoms in total. The van der Waals surface area contributed by atoms with Crippen molar-refractivity contribution in [2.75, 3.05) is 6.54 Å². The van der Waals surface area contributed by atoms with Gasteiger partial charge in [-0.15, -0.1) is 0 Å². The van der Waals surface area contributed by atoms with Crippen molar-refractivity contribution in [2.45, 2.75) is 32.0 Å². The number of nitrogens with zero attached hydrogens (tertiary/aromatic N) is 1. The molecule has 1 fully saturated rings. The summed E-state index contributed by atoms with van der Waals surface area (Å²) in [5.74, 6) is -0.331. The highest BCUT2D eigenvalue weighted by Crippen LogP contribution is 2.36. The normalized spacial score (nSPS) is 15.4. The minimum atomic E-state index is -4.47. The van der Waals surface area contributed by atoms with E-state index in [4.69, 9.17) is 0 Å². The van der Waals surface area contributed by atoms with Gasteiger partial charge in [-0.05, 0) is 38.0 Å². The molecular weight excluding hydrogens is 323 g/mol. The van der Waals surface area contributed by atoms with E-state index in [1.165, 1.54) is 12.1 Å². The zero-order chi connectivity index (χ0) is 14.2. The lowest BCUT2D eigenvalue weighted by Gasteiger charge is -2.21. The van der Waals surface area contributed by atoms with E-state index in [1.54, 1.807) is 4.90 Å². The van der Waals surface area contributed by atoms with Crippen molar-refractivity contribution in [3.8, 4) is 0 Å². The molecule has 0 saturated heterocycles. The molecule has 6 heteroatoms. The lowest BCUT2D eigenvalue weighted by molar-refractivity contribution is -0.138. The van der Waals surface area contributed by atoms with Gasteiger partial charge in [-0.25, -0.2) is 0 Å². The maximum atomic E-state index is 12.8. The molecule has 104 valence electrons. The van der Waals surface area contributed by atoms with Gasteiger partial charge in [-0.2, -0.15) is 13.2 Å². The van der Waals surface area contributed by atoms with E-state index in [2.05, 4.69) is 15.9 Å². The van der Waals surface area contributed by atoms with Crippen LogP contribution in [0.4, 0.5) is 13.2 Å². The minimum Gasteiger partial charge on any atom is -0.336 e. The fraction of sp³-hybridized carbons (Fsp3) is 0.462.